The van der Waals surface area contributed by atoms with E-state index in [9.17, 15) is 13.2 Å². The minimum atomic E-state index is -4.54. The molecule has 58 heavy (non-hydrogen) atoms. The molecule has 0 aliphatic heterocycles. The number of aromatic nitrogens is 3. The summed E-state index contributed by atoms with van der Waals surface area (Å²) < 4.78 is 45.8. The van der Waals surface area contributed by atoms with Gasteiger partial charge < -0.3 is 4.57 Å². The van der Waals surface area contributed by atoms with Crippen LogP contribution in [0.25, 0.3) is 83.6 Å². The number of alkyl halides is 3. The highest BCUT2D eigenvalue weighted by molar-refractivity contribution is 6.11. The van der Waals surface area contributed by atoms with E-state index in [2.05, 4.69) is 73.9 Å². The molecular formula is C52H40F3N3. The molecule has 6 heteroatoms. The van der Waals surface area contributed by atoms with Gasteiger partial charge in [-0.2, -0.15) is 13.2 Å². The largest absolute Gasteiger partial charge is 0.416 e. The molecule has 284 valence electrons. The summed E-state index contributed by atoms with van der Waals surface area (Å²) in [7, 11) is 0. The highest BCUT2D eigenvalue weighted by atomic mass is 19.4. The van der Waals surface area contributed by atoms with Gasteiger partial charge in [-0.25, -0.2) is 9.97 Å². The van der Waals surface area contributed by atoms with Gasteiger partial charge in [0.05, 0.1) is 33.7 Å². The van der Waals surface area contributed by atoms with Crippen molar-refractivity contribution >= 4 is 21.8 Å². The number of hydrogen-bond donors (Lipinski definition) is 0. The molecule has 0 aliphatic carbocycles. The zero-order valence-corrected chi connectivity index (χ0v) is 32.6. The second-order valence-electron chi connectivity index (χ2n) is 15.9. The van der Waals surface area contributed by atoms with E-state index in [1.54, 1.807) is 6.07 Å². The Labute approximate surface area is 336 Å². The Balaban J connectivity index is 1.43. The summed E-state index contributed by atoms with van der Waals surface area (Å²) in [6.45, 7) is 8.65. The molecule has 0 radical (unpaired) electrons. The third kappa shape index (κ3) is 6.85. The maximum absolute atomic E-state index is 14.5. The fourth-order valence-corrected chi connectivity index (χ4v) is 7.89. The predicted molar refractivity (Wildman–Crippen MR) is 232 cm³/mol. The summed E-state index contributed by atoms with van der Waals surface area (Å²) >= 11 is 0. The number of halogens is 3. The van der Waals surface area contributed by atoms with E-state index < -0.39 is 11.7 Å². The lowest BCUT2D eigenvalue weighted by molar-refractivity contribution is -0.137. The van der Waals surface area contributed by atoms with Gasteiger partial charge in [0.15, 0.2) is 5.82 Å². The van der Waals surface area contributed by atoms with Crippen LogP contribution in [0.2, 0.25) is 0 Å². The Hall–Kier alpha value is -6.79. The van der Waals surface area contributed by atoms with Gasteiger partial charge in [0.25, 0.3) is 0 Å². The molecule has 0 amide bonds. The second kappa shape index (κ2) is 14.3. The zero-order chi connectivity index (χ0) is 40.2. The number of fused-ring (bicyclic) bond motifs is 3. The molecule has 0 atom stereocenters. The van der Waals surface area contributed by atoms with Crippen molar-refractivity contribution < 1.29 is 13.2 Å². The van der Waals surface area contributed by atoms with Crippen LogP contribution in [0.5, 0.6) is 0 Å². The minimum Gasteiger partial charge on any atom is -0.308 e. The van der Waals surface area contributed by atoms with E-state index in [0.29, 0.717) is 22.5 Å². The average Bonchev–Trinajstić information content (AvgIpc) is 3.56. The number of benzene rings is 7. The maximum atomic E-state index is 14.5. The van der Waals surface area contributed by atoms with E-state index in [-0.39, 0.29) is 5.41 Å². The molecule has 0 aliphatic rings. The smallest absolute Gasteiger partial charge is 0.308 e. The predicted octanol–water partition coefficient (Wildman–Crippen LogP) is 14.5. The summed E-state index contributed by atoms with van der Waals surface area (Å²) in [5, 5.41) is 2.13. The van der Waals surface area contributed by atoms with E-state index >= 15 is 0 Å². The van der Waals surface area contributed by atoms with E-state index in [0.717, 1.165) is 72.8 Å². The first-order valence-corrected chi connectivity index (χ1v) is 19.4. The minimum absolute atomic E-state index is 0.0954. The lowest BCUT2D eigenvalue weighted by Gasteiger charge is -2.22. The standard InChI is InChI=1S/C52H40F3N3/c1-33-15-13-20-36(27-33)42-29-38(50-56-45(34-16-7-5-8-17-34)32-46(57-50)35-18-9-6-10-19-35)30-43(37-21-14-22-40(28-37)52(53,54)55)49(42)58-47-24-12-11-23-41(47)44-31-39(51(2,3)4)25-26-48(44)58/h5-32H,1-4H3. The molecule has 9 rings (SSSR count). The summed E-state index contributed by atoms with van der Waals surface area (Å²) in [5.74, 6) is 0.464. The second-order valence-corrected chi connectivity index (χ2v) is 15.9. The number of aryl methyl sites for hydroxylation is 1. The highest BCUT2D eigenvalue weighted by Crippen LogP contribution is 2.45. The number of rotatable bonds is 6. The van der Waals surface area contributed by atoms with Crippen LogP contribution in [0.3, 0.4) is 0 Å². The molecule has 0 unspecified atom stereocenters. The Morgan fingerprint density at radius 1 is 0.448 bits per heavy atom. The first kappa shape index (κ1) is 36.8. The first-order chi connectivity index (χ1) is 27.9. The van der Waals surface area contributed by atoms with Crippen LogP contribution in [-0.2, 0) is 11.6 Å². The van der Waals surface area contributed by atoms with E-state index in [1.807, 2.05) is 104 Å². The lowest BCUT2D eigenvalue weighted by atomic mass is 9.86. The van der Waals surface area contributed by atoms with Crippen molar-refractivity contribution in [2.24, 2.45) is 0 Å². The van der Waals surface area contributed by atoms with Gasteiger partial charge in [-0.05, 0) is 77.6 Å². The highest BCUT2D eigenvalue weighted by Gasteiger charge is 2.31. The Morgan fingerprint density at radius 2 is 1.00 bits per heavy atom. The van der Waals surface area contributed by atoms with Crippen molar-refractivity contribution in [2.75, 3.05) is 0 Å². The van der Waals surface area contributed by atoms with Crippen LogP contribution < -0.4 is 0 Å². The average molecular weight is 764 g/mol. The fourth-order valence-electron chi connectivity index (χ4n) is 7.89. The van der Waals surface area contributed by atoms with Gasteiger partial charge in [-0.15, -0.1) is 0 Å². The van der Waals surface area contributed by atoms with Crippen molar-refractivity contribution in [3.05, 3.63) is 187 Å². The topological polar surface area (TPSA) is 30.7 Å². The lowest BCUT2D eigenvalue weighted by Crippen LogP contribution is -2.10. The quantitative estimate of drug-likeness (QED) is 0.169. The summed E-state index contributed by atoms with van der Waals surface area (Å²) in [6.07, 6.45) is -4.54. The molecule has 0 saturated carbocycles. The van der Waals surface area contributed by atoms with Gasteiger partial charge in [0.1, 0.15) is 0 Å². The molecule has 0 bridgehead atoms. The Morgan fingerprint density at radius 3 is 1.60 bits per heavy atom. The molecule has 3 nitrogen and oxygen atoms in total. The Bertz CT molecular complexity index is 2920. The molecule has 0 fully saturated rings. The normalized spacial score (nSPS) is 12.1. The molecule has 0 spiro atoms. The third-order valence-electron chi connectivity index (χ3n) is 10.8. The monoisotopic (exact) mass is 763 g/mol. The summed E-state index contributed by atoms with van der Waals surface area (Å²) in [6, 6.07) is 54.7. The number of nitrogens with zero attached hydrogens (tertiary/aromatic N) is 3. The molecule has 0 saturated heterocycles. The third-order valence-corrected chi connectivity index (χ3v) is 10.8. The molecule has 2 aromatic heterocycles. The Kier molecular flexibility index (Phi) is 9.08. The van der Waals surface area contributed by atoms with Crippen LogP contribution >= 0.6 is 0 Å². The van der Waals surface area contributed by atoms with Crippen molar-refractivity contribution in [2.45, 2.75) is 39.3 Å². The maximum Gasteiger partial charge on any atom is 0.416 e. The summed E-state index contributed by atoms with van der Waals surface area (Å²) in [4.78, 5) is 10.3. The molecular weight excluding hydrogens is 724 g/mol. The molecule has 2 heterocycles. The van der Waals surface area contributed by atoms with Crippen molar-refractivity contribution in [1.82, 2.24) is 14.5 Å². The van der Waals surface area contributed by atoms with E-state index in [1.165, 1.54) is 17.7 Å². The van der Waals surface area contributed by atoms with Gasteiger partial charge in [0.2, 0.25) is 0 Å². The molecule has 9 aromatic rings. The number of hydrogen-bond acceptors (Lipinski definition) is 2. The van der Waals surface area contributed by atoms with Crippen LogP contribution in [-0.4, -0.2) is 14.5 Å². The molecule has 0 N–H and O–H groups in total. The summed E-state index contributed by atoms with van der Waals surface area (Å²) in [5.41, 5.74) is 10.9. The van der Waals surface area contributed by atoms with Gasteiger partial charge >= 0.3 is 6.18 Å². The van der Waals surface area contributed by atoms with Crippen LogP contribution in [0, 0.1) is 6.92 Å². The van der Waals surface area contributed by atoms with Crippen molar-refractivity contribution in [1.29, 1.82) is 0 Å². The first-order valence-electron chi connectivity index (χ1n) is 19.4. The fraction of sp³-hybridized carbons (Fsp3) is 0.115. The van der Waals surface area contributed by atoms with Crippen molar-refractivity contribution in [3.8, 4) is 61.8 Å². The van der Waals surface area contributed by atoms with E-state index in [4.69, 9.17) is 9.97 Å². The van der Waals surface area contributed by atoms with Gasteiger partial charge in [-0.3, -0.25) is 0 Å². The van der Waals surface area contributed by atoms with Crippen LogP contribution in [0.4, 0.5) is 13.2 Å². The van der Waals surface area contributed by atoms with Crippen molar-refractivity contribution in [3.63, 3.8) is 0 Å². The SMILES string of the molecule is Cc1cccc(-c2cc(-c3nc(-c4ccccc4)cc(-c4ccccc4)n3)cc(-c3cccc(C(F)(F)F)c3)c2-n2c3ccccc3c3cc(C(C)(C)C)ccc32)c1. The van der Waals surface area contributed by atoms with Crippen LogP contribution in [0.1, 0.15) is 37.5 Å². The van der Waals surface area contributed by atoms with Crippen LogP contribution in [0.15, 0.2) is 170 Å². The van der Waals surface area contributed by atoms with Gasteiger partial charge in [-0.1, -0.05) is 148 Å². The van der Waals surface area contributed by atoms with Gasteiger partial charge in [0, 0.05) is 38.6 Å². The number of para-hydroxylation sites is 1. The molecule has 7 aromatic carbocycles. The zero-order valence-electron chi connectivity index (χ0n) is 32.6.